The number of para-hydroxylation sites is 1. The number of carbonyl (C=O) groups excluding carboxylic acids is 2. The molecule has 0 aromatic heterocycles. The lowest BCUT2D eigenvalue weighted by Gasteiger charge is -2.14. The van der Waals surface area contributed by atoms with E-state index in [1.807, 2.05) is 13.8 Å². The van der Waals surface area contributed by atoms with E-state index >= 15 is 0 Å². The van der Waals surface area contributed by atoms with Crippen molar-refractivity contribution >= 4 is 46.4 Å². The third-order valence-electron chi connectivity index (χ3n) is 3.15. The minimum Gasteiger partial charge on any atom is -0.350 e. The van der Waals surface area contributed by atoms with E-state index in [2.05, 4.69) is 16.0 Å². The van der Waals surface area contributed by atoms with E-state index in [1.54, 1.807) is 48.5 Å². The lowest BCUT2D eigenvalue weighted by Crippen LogP contribution is -2.35. The zero-order chi connectivity index (χ0) is 18.4. The first-order chi connectivity index (χ1) is 11.9. The predicted molar refractivity (Wildman–Crippen MR) is 104 cm³/mol. The highest BCUT2D eigenvalue weighted by Crippen LogP contribution is 2.15. The number of amides is 2. The number of halogens is 1. The van der Waals surface area contributed by atoms with Gasteiger partial charge >= 0.3 is 0 Å². The molecule has 0 heterocycles. The second-order valence-electron chi connectivity index (χ2n) is 5.59. The van der Waals surface area contributed by atoms with E-state index in [0.29, 0.717) is 21.8 Å². The molecule has 2 rings (SSSR count). The van der Waals surface area contributed by atoms with Crippen LogP contribution >= 0.6 is 23.8 Å². The molecule has 0 atom stereocenters. The minimum absolute atomic E-state index is 0.00930. The van der Waals surface area contributed by atoms with Crippen molar-refractivity contribution in [2.24, 2.45) is 0 Å². The van der Waals surface area contributed by atoms with Crippen molar-refractivity contribution in [3.05, 3.63) is 64.7 Å². The quantitative estimate of drug-likeness (QED) is 0.714. The topological polar surface area (TPSA) is 70.2 Å². The molecule has 0 aliphatic carbocycles. The van der Waals surface area contributed by atoms with Gasteiger partial charge in [0.25, 0.3) is 11.8 Å². The fourth-order valence-corrected chi connectivity index (χ4v) is 2.48. The van der Waals surface area contributed by atoms with Gasteiger partial charge in [-0.25, -0.2) is 0 Å². The van der Waals surface area contributed by atoms with Crippen molar-refractivity contribution in [2.45, 2.75) is 19.9 Å². The van der Waals surface area contributed by atoms with Gasteiger partial charge < -0.3 is 10.6 Å². The summed E-state index contributed by atoms with van der Waals surface area (Å²) < 4.78 is 0. The van der Waals surface area contributed by atoms with Crippen molar-refractivity contribution < 1.29 is 9.59 Å². The summed E-state index contributed by atoms with van der Waals surface area (Å²) in [6, 6.07) is 13.5. The predicted octanol–water partition coefficient (Wildman–Crippen LogP) is 3.61. The number of carbonyl (C=O) groups is 2. The summed E-state index contributed by atoms with van der Waals surface area (Å²) in [5, 5.41) is 8.83. The first-order valence-electron chi connectivity index (χ1n) is 7.64. The molecule has 2 amide bonds. The van der Waals surface area contributed by atoms with Gasteiger partial charge in [0.1, 0.15) is 0 Å². The van der Waals surface area contributed by atoms with Crippen LogP contribution in [0.1, 0.15) is 34.6 Å². The molecule has 7 heteroatoms. The van der Waals surface area contributed by atoms with Crippen LogP contribution in [-0.2, 0) is 0 Å². The molecule has 130 valence electrons. The van der Waals surface area contributed by atoms with Crippen molar-refractivity contribution in [1.82, 2.24) is 10.6 Å². The van der Waals surface area contributed by atoms with E-state index in [1.165, 1.54) is 0 Å². The number of thiocarbonyl (C=S) groups is 1. The molecule has 0 unspecified atom stereocenters. The van der Waals surface area contributed by atoms with Crippen LogP contribution < -0.4 is 16.0 Å². The highest BCUT2D eigenvalue weighted by molar-refractivity contribution is 7.80. The molecule has 25 heavy (non-hydrogen) atoms. The average Bonchev–Trinajstić information content (AvgIpc) is 2.54. The summed E-state index contributed by atoms with van der Waals surface area (Å²) in [4.78, 5) is 24.4. The monoisotopic (exact) mass is 375 g/mol. The lowest BCUT2D eigenvalue weighted by atomic mass is 10.1. The Kier molecular flexibility index (Phi) is 6.50. The molecule has 2 aromatic rings. The second kappa shape index (κ2) is 8.60. The Labute approximate surface area is 156 Å². The van der Waals surface area contributed by atoms with Gasteiger partial charge in [-0.15, -0.1) is 0 Å². The van der Waals surface area contributed by atoms with Gasteiger partial charge in [-0.1, -0.05) is 29.8 Å². The highest BCUT2D eigenvalue weighted by Gasteiger charge is 2.14. The van der Waals surface area contributed by atoms with Gasteiger partial charge in [0.15, 0.2) is 5.11 Å². The Bertz CT molecular complexity index is 808. The number of hydrogen-bond donors (Lipinski definition) is 3. The van der Waals surface area contributed by atoms with Gasteiger partial charge in [0.05, 0.1) is 11.3 Å². The minimum atomic E-state index is -0.385. The Morgan fingerprint density at radius 2 is 1.76 bits per heavy atom. The number of benzene rings is 2. The maximum Gasteiger partial charge on any atom is 0.257 e. The molecule has 0 aliphatic rings. The molecule has 0 saturated heterocycles. The summed E-state index contributed by atoms with van der Waals surface area (Å²) >= 11 is 11.1. The Balaban J connectivity index is 2.08. The van der Waals surface area contributed by atoms with Crippen LogP contribution in [-0.4, -0.2) is 23.0 Å². The Morgan fingerprint density at radius 1 is 1.04 bits per heavy atom. The molecule has 2 aromatic carbocycles. The van der Waals surface area contributed by atoms with Crippen molar-refractivity contribution in [2.75, 3.05) is 5.32 Å². The molecule has 0 saturated carbocycles. The average molecular weight is 376 g/mol. The standard InChI is InChI=1S/C18H18ClN3O2S/c1-11(2)20-17(24)14-8-3-4-9-15(14)21-18(25)22-16(23)12-6-5-7-13(19)10-12/h3-11H,1-2H3,(H,20,24)(H2,21,22,23,25). The van der Waals surface area contributed by atoms with Crippen LogP contribution in [0.4, 0.5) is 5.69 Å². The smallest absolute Gasteiger partial charge is 0.257 e. The van der Waals surface area contributed by atoms with Crippen LogP contribution in [0.2, 0.25) is 5.02 Å². The van der Waals surface area contributed by atoms with E-state index in [0.717, 1.165) is 0 Å². The van der Waals surface area contributed by atoms with Crippen molar-refractivity contribution in [3.63, 3.8) is 0 Å². The molecule has 0 fully saturated rings. The summed E-state index contributed by atoms with van der Waals surface area (Å²) in [5.41, 5.74) is 1.34. The first-order valence-corrected chi connectivity index (χ1v) is 8.43. The normalized spacial score (nSPS) is 10.2. The number of rotatable bonds is 4. The second-order valence-corrected chi connectivity index (χ2v) is 6.44. The summed E-state index contributed by atoms with van der Waals surface area (Å²) in [5.74, 6) is -0.605. The zero-order valence-corrected chi connectivity index (χ0v) is 15.4. The van der Waals surface area contributed by atoms with Crippen LogP contribution in [0.3, 0.4) is 0 Å². The molecule has 3 N–H and O–H groups in total. The summed E-state index contributed by atoms with van der Waals surface area (Å²) in [7, 11) is 0. The number of nitrogens with one attached hydrogen (secondary N) is 3. The SMILES string of the molecule is CC(C)NC(=O)c1ccccc1NC(=S)NC(=O)c1cccc(Cl)c1. The van der Waals surface area contributed by atoms with E-state index < -0.39 is 0 Å². The number of hydrogen-bond acceptors (Lipinski definition) is 3. The molecule has 0 radical (unpaired) electrons. The molecular weight excluding hydrogens is 358 g/mol. The lowest BCUT2D eigenvalue weighted by molar-refractivity contribution is 0.0942. The molecule has 0 aliphatic heterocycles. The van der Waals surface area contributed by atoms with Crippen molar-refractivity contribution in [3.8, 4) is 0 Å². The Morgan fingerprint density at radius 3 is 2.44 bits per heavy atom. The van der Waals surface area contributed by atoms with Gasteiger partial charge in [-0.2, -0.15) is 0 Å². The van der Waals surface area contributed by atoms with Crippen LogP contribution in [0.15, 0.2) is 48.5 Å². The summed E-state index contributed by atoms with van der Waals surface area (Å²) in [6.45, 7) is 3.76. The highest BCUT2D eigenvalue weighted by atomic mass is 35.5. The third kappa shape index (κ3) is 5.55. The van der Waals surface area contributed by atoms with Crippen LogP contribution in [0.5, 0.6) is 0 Å². The number of anilines is 1. The van der Waals surface area contributed by atoms with Gasteiger partial charge in [0, 0.05) is 16.6 Å². The van der Waals surface area contributed by atoms with Gasteiger partial charge in [-0.05, 0) is 56.4 Å². The largest absolute Gasteiger partial charge is 0.350 e. The first kappa shape index (κ1) is 18.9. The van der Waals surface area contributed by atoms with E-state index in [9.17, 15) is 9.59 Å². The zero-order valence-electron chi connectivity index (χ0n) is 13.8. The molecule has 0 spiro atoms. The molecule has 0 bridgehead atoms. The van der Waals surface area contributed by atoms with Gasteiger partial charge in [-0.3, -0.25) is 14.9 Å². The van der Waals surface area contributed by atoms with Crippen LogP contribution in [0.25, 0.3) is 0 Å². The fourth-order valence-electron chi connectivity index (χ4n) is 2.09. The van der Waals surface area contributed by atoms with Crippen LogP contribution in [0, 0.1) is 0 Å². The maximum atomic E-state index is 12.2. The molecule has 5 nitrogen and oxygen atoms in total. The van der Waals surface area contributed by atoms with Gasteiger partial charge in [0.2, 0.25) is 0 Å². The van der Waals surface area contributed by atoms with E-state index in [4.69, 9.17) is 23.8 Å². The maximum absolute atomic E-state index is 12.2. The Hall–Kier alpha value is -2.44. The van der Waals surface area contributed by atoms with Crippen molar-refractivity contribution in [1.29, 1.82) is 0 Å². The molecular formula is C18H18ClN3O2S. The fraction of sp³-hybridized carbons (Fsp3) is 0.167. The third-order valence-corrected chi connectivity index (χ3v) is 3.59. The summed E-state index contributed by atoms with van der Waals surface area (Å²) in [6.07, 6.45) is 0. The van der Waals surface area contributed by atoms with E-state index in [-0.39, 0.29) is 23.0 Å².